The molecule has 0 radical (unpaired) electrons. The predicted octanol–water partition coefficient (Wildman–Crippen LogP) is 4.50. The van der Waals surface area contributed by atoms with Crippen molar-refractivity contribution in [2.45, 2.75) is 0 Å². The highest BCUT2D eigenvalue weighted by Gasteiger charge is 2.11. The molecule has 0 N–H and O–H groups in total. The maximum Gasteiger partial charge on any atom is 0.214 e. The van der Waals surface area contributed by atoms with Crippen molar-refractivity contribution in [2.75, 3.05) is 27.2 Å². The van der Waals surface area contributed by atoms with Crippen LogP contribution < -0.4 is 4.74 Å². The highest BCUT2D eigenvalue weighted by atomic mass is 35.5. The number of benzene rings is 2. The predicted molar refractivity (Wildman–Crippen MR) is 96.2 cm³/mol. The van der Waals surface area contributed by atoms with Crippen molar-refractivity contribution < 1.29 is 4.74 Å². The molecule has 0 saturated carbocycles. The number of halogens is 1. The molecule has 3 rings (SSSR count). The van der Waals surface area contributed by atoms with E-state index in [4.69, 9.17) is 21.3 Å². The van der Waals surface area contributed by atoms with E-state index in [2.05, 4.69) is 17.0 Å². The number of fused-ring (bicyclic) bond motifs is 1. The Hall–Kier alpha value is -2.10. The summed E-state index contributed by atoms with van der Waals surface area (Å²) >= 11 is 6.37. The van der Waals surface area contributed by atoms with E-state index in [0.717, 1.165) is 28.6 Å². The average Bonchev–Trinajstić information content (AvgIpc) is 2.54. The minimum atomic E-state index is 0.598. The van der Waals surface area contributed by atoms with Gasteiger partial charge in [0.1, 0.15) is 6.61 Å². The monoisotopic (exact) mass is 326 g/mol. The van der Waals surface area contributed by atoms with E-state index in [0.29, 0.717) is 17.5 Å². The van der Waals surface area contributed by atoms with Crippen LogP contribution in [0.4, 0.5) is 0 Å². The molecule has 0 fully saturated rings. The number of pyridine rings is 1. The Morgan fingerprint density at radius 2 is 1.78 bits per heavy atom. The highest BCUT2D eigenvalue weighted by Crippen LogP contribution is 2.33. The number of hydrogen-bond donors (Lipinski definition) is 0. The number of aromatic nitrogens is 1. The number of hydrogen-bond acceptors (Lipinski definition) is 3. The van der Waals surface area contributed by atoms with Gasteiger partial charge in [-0.15, -0.1) is 0 Å². The Bertz CT molecular complexity index is 817. The van der Waals surface area contributed by atoms with Crippen molar-refractivity contribution in [1.29, 1.82) is 0 Å². The molecule has 0 aliphatic heterocycles. The molecule has 0 unspecified atom stereocenters. The van der Waals surface area contributed by atoms with Crippen LogP contribution in [0.2, 0.25) is 5.02 Å². The zero-order chi connectivity index (χ0) is 16.2. The van der Waals surface area contributed by atoms with Gasteiger partial charge in [0.15, 0.2) is 0 Å². The third-order valence-electron chi connectivity index (χ3n) is 3.63. The van der Waals surface area contributed by atoms with Crippen LogP contribution in [0.1, 0.15) is 0 Å². The lowest BCUT2D eigenvalue weighted by molar-refractivity contribution is 0.254. The first kappa shape index (κ1) is 15.8. The van der Waals surface area contributed by atoms with E-state index in [-0.39, 0.29) is 0 Å². The fraction of sp³-hybridized carbons (Fsp3) is 0.211. The van der Waals surface area contributed by atoms with Crippen molar-refractivity contribution in [2.24, 2.45) is 0 Å². The van der Waals surface area contributed by atoms with Gasteiger partial charge in [0.25, 0.3) is 0 Å². The summed E-state index contributed by atoms with van der Waals surface area (Å²) < 4.78 is 5.83. The Kier molecular flexibility index (Phi) is 4.79. The summed E-state index contributed by atoms with van der Waals surface area (Å²) in [5.41, 5.74) is 1.77. The van der Waals surface area contributed by atoms with Gasteiger partial charge in [0.2, 0.25) is 5.88 Å². The zero-order valence-electron chi connectivity index (χ0n) is 13.3. The first-order valence-corrected chi connectivity index (χ1v) is 7.95. The summed E-state index contributed by atoms with van der Waals surface area (Å²) in [6.07, 6.45) is 0. The minimum Gasteiger partial charge on any atom is -0.476 e. The lowest BCUT2D eigenvalue weighted by Gasteiger charge is -2.13. The van der Waals surface area contributed by atoms with Crippen LogP contribution in [0, 0.1) is 0 Å². The molecular formula is C19H19ClN2O. The first-order chi connectivity index (χ1) is 11.1. The molecule has 0 spiro atoms. The van der Waals surface area contributed by atoms with Gasteiger partial charge < -0.3 is 9.64 Å². The van der Waals surface area contributed by atoms with Crippen molar-refractivity contribution in [3.05, 3.63) is 59.6 Å². The molecule has 4 heteroatoms. The maximum atomic E-state index is 6.37. The molecule has 0 aliphatic carbocycles. The van der Waals surface area contributed by atoms with Gasteiger partial charge in [-0.1, -0.05) is 54.1 Å². The summed E-state index contributed by atoms with van der Waals surface area (Å²) in [5.74, 6) is 0.625. The smallest absolute Gasteiger partial charge is 0.214 e. The van der Waals surface area contributed by atoms with Crippen LogP contribution in [0.3, 0.4) is 0 Å². The van der Waals surface area contributed by atoms with Gasteiger partial charge >= 0.3 is 0 Å². The fourth-order valence-corrected chi connectivity index (χ4v) is 2.66. The third-order valence-corrected chi connectivity index (χ3v) is 3.96. The van der Waals surface area contributed by atoms with E-state index < -0.39 is 0 Å². The Balaban J connectivity index is 2.06. The molecule has 0 amide bonds. The van der Waals surface area contributed by atoms with Gasteiger partial charge in [0, 0.05) is 28.6 Å². The lowest BCUT2D eigenvalue weighted by Crippen LogP contribution is -2.19. The molecule has 0 saturated heterocycles. The van der Waals surface area contributed by atoms with Crippen LogP contribution >= 0.6 is 11.6 Å². The fourth-order valence-electron chi connectivity index (χ4n) is 2.44. The normalized spacial score (nSPS) is 11.1. The molecule has 0 aliphatic rings. The van der Waals surface area contributed by atoms with Crippen molar-refractivity contribution in [3.63, 3.8) is 0 Å². The minimum absolute atomic E-state index is 0.598. The van der Waals surface area contributed by atoms with E-state index in [1.54, 1.807) is 0 Å². The van der Waals surface area contributed by atoms with Gasteiger partial charge in [0.05, 0.1) is 5.69 Å². The molecule has 1 aromatic heterocycles. The second-order valence-corrected chi connectivity index (χ2v) is 6.07. The van der Waals surface area contributed by atoms with E-state index in [1.807, 2.05) is 56.6 Å². The molecular weight excluding hydrogens is 308 g/mol. The van der Waals surface area contributed by atoms with Crippen molar-refractivity contribution in [1.82, 2.24) is 9.88 Å². The lowest BCUT2D eigenvalue weighted by atomic mass is 10.0. The van der Waals surface area contributed by atoms with Crippen molar-refractivity contribution in [3.8, 4) is 17.1 Å². The Labute approximate surface area is 141 Å². The number of likely N-dealkylation sites (N-methyl/N-ethyl adjacent to an activating group) is 1. The van der Waals surface area contributed by atoms with Gasteiger partial charge in [-0.25, -0.2) is 4.98 Å². The summed E-state index contributed by atoms with van der Waals surface area (Å²) in [6, 6.07) is 17.9. The zero-order valence-corrected chi connectivity index (χ0v) is 14.0. The van der Waals surface area contributed by atoms with Gasteiger partial charge in [-0.3, -0.25) is 0 Å². The summed E-state index contributed by atoms with van der Waals surface area (Å²) in [7, 11) is 4.04. The van der Waals surface area contributed by atoms with E-state index in [9.17, 15) is 0 Å². The summed E-state index contributed by atoms with van der Waals surface area (Å²) in [4.78, 5) is 6.78. The molecule has 1 heterocycles. The number of rotatable bonds is 5. The van der Waals surface area contributed by atoms with Gasteiger partial charge in [-0.2, -0.15) is 0 Å². The summed E-state index contributed by atoms with van der Waals surface area (Å²) in [6.45, 7) is 1.44. The van der Waals surface area contributed by atoms with E-state index in [1.165, 1.54) is 0 Å². The molecule has 23 heavy (non-hydrogen) atoms. The molecule has 3 nitrogen and oxygen atoms in total. The maximum absolute atomic E-state index is 6.37. The second-order valence-electron chi connectivity index (χ2n) is 5.66. The highest BCUT2D eigenvalue weighted by molar-refractivity contribution is 6.33. The number of nitrogens with zero attached hydrogens (tertiary/aromatic N) is 2. The van der Waals surface area contributed by atoms with Gasteiger partial charge in [-0.05, 0) is 25.5 Å². The standard InChI is InChI=1S/C19H19ClN2O/c1-22(2)11-12-23-18-13-14-7-3-4-8-15(14)19(21-18)16-9-5-6-10-17(16)20/h3-10,13H,11-12H2,1-2H3. The largest absolute Gasteiger partial charge is 0.476 e. The van der Waals surface area contributed by atoms with Crippen LogP contribution in [0.15, 0.2) is 54.6 Å². The Morgan fingerprint density at radius 1 is 1.04 bits per heavy atom. The number of ether oxygens (including phenoxy) is 1. The van der Waals surface area contributed by atoms with Crippen LogP contribution in [0.25, 0.3) is 22.0 Å². The summed E-state index contributed by atoms with van der Waals surface area (Å²) in [5, 5.41) is 2.86. The molecule has 0 bridgehead atoms. The van der Waals surface area contributed by atoms with Crippen LogP contribution in [-0.4, -0.2) is 37.1 Å². The van der Waals surface area contributed by atoms with E-state index >= 15 is 0 Å². The molecule has 2 aromatic carbocycles. The van der Waals surface area contributed by atoms with Crippen LogP contribution in [-0.2, 0) is 0 Å². The average molecular weight is 327 g/mol. The Morgan fingerprint density at radius 3 is 2.57 bits per heavy atom. The van der Waals surface area contributed by atoms with Crippen molar-refractivity contribution >= 4 is 22.4 Å². The topological polar surface area (TPSA) is 25.4 Å². The second kappa shape index (κ2) is 6.99. The first-order valence-electron chi connectivity index (χ1n) is 7.57. The SMILES string of the molecule is CN(C)CCOc1cc2ccccc2c(-c2ccccc2Cl)n1. The molecule has 118 valence electrons. The molecule has 0 atom stereocenters. The third kappa shape index (κ3) is 3.63. The van der Waals surface area contributed by atoms with Crippen LogP contribution in [0.5, 0.6) is 5.88 Å². The molecule has 3 aromatic rings. The quantitative estimate of drug-likeness (QED) is 0.690.